The number of hydrogen-bond acceptors (Lipinski definition) is 10. The van der Waals surface area contributed by atoms with Crippen LogP contribution in [-0.2, 0) is 14.3 Å². The van der Waals surface area contributed by atoms with Crippen LogP contribution in [0.25, 0.3) is 33.4 Å². The van der Waals surface area contributed by atoms with Crippen molar-refractivity contribution in [2.24, 2.45) is 0 Å². The number of fused-ring (bicyclic) bond motifs is 2. The van der Waals surface area contributed by atoms with Gasteiger partial charge in [-0.2, -0.15) is 0 Å². The highest BCUT2D eigenvalue weighted by Crippen LogP contribution is 2.45. The van der Waals surface area contributed by atoms with Crippen LogP contribution >= 0.6 is 23.2 Å². The van der Waals surface area contributed by atoms with Crippen LogP contribution < -0.4 is 15.5 Å². The molecule has 11 nitrogen and oxygen atoms in total. The number of carbonyl (C=O) groups is 2. The number of ether oxygens (including phenoxy) is 3. The maximum Gasteiger partial charge on any atom is 0.338 e. The second-order valence-corrected chi connectivity index (χ2v) is 10.4. The number of halogens is 2. The summed E-state index contributed by atoms with van der Waals surface area (Å²) in [6.45, 7) is 0.576. The predicted octanol–water partition coefficient (Wildman–Crippen LogP) is 2.98. The first-order chi connectivity index (χ1) is 20.0. The average Bonchev–Trinajstić information content (AvgIpc) is 2.96. The highest BCUT2D eigenvalue weighted by Gasteiger charge is 2.46. The van der Waals surface area contributed by atoms with Crippen molar-refractivity contribution in [3.8, 4) is 28.2 Å². The predicted molar refractivity (Wildman–Crippen MR) is 152 cm³/mol. The quantitative estimate of drug-likeness (QED) is 0.187. The van der Waals surface area contributed by atoms with E-state index in [1.807, 2.05) is 0 Å². The second-order valence-electron chi connectivity index (χ2n) is 9.62. The average molecular weight is 618 g/mol. The number of nitrogens with one attached hydrogen (secondary N) is 1. The summed E-state index contributed by atoms with van der Waals surface area (Å²) in [6, 6.07) is 11.1. The lowest BCUT2D eigenvalue weighted by Gasteiger charge is -2.42. The molecule has 5 atom stereocenters. The van der Waals surface area contributed by atoms with Crippen molar-refractivity contribution < 1.29 is 43.5 Å². The zero-order chi connectivity index (χ0) is 30.3. The number of benzene rings is 3. The number of aliphatic hydroxyl groups excluding tert-OH is 3. The van der Waals surface area contributed by atoms with Crippen molar-refractivity contribution in [1.82, 2.24) is 5.32 Å². The summed E-state index contributed by atoms with van der Waals surface area (Å²) in [6.07, 6.45) is -5.65. The molecule has 1 amide bonds. The van der Waals surface area contributed by atoms with E-state index in [4.69, 9.17) is 41.8 Å². The molecule has 2 heterocycles. The molecule has 0 radical (unpaired) electrons. The van der Waals surface area contributed by atoms with E-state index in [-0.39, 0.29) is 32.7 Å². The van der Waals surface area contributed by atoms with E-state index < -0.39 is 54.6 Å². The van der Waals surface area contributed by atoms with E-state index in [9.17, 15) is 29.7 Å². The van der Waals surface area contributed by atoms with Crippen LogP contribution in [-0.4, -0.2) is 71.6 Å². The molecule has 3 aliphatic rings. The molecule has 0 spiro atoms. The Morgan fingerprint density at radius 1 is 1.02 bits per heavy atom. The van der Waals surface area contributed by atoms with Gasteiger partial charge < -0.3 is 39.3 Å². The topological polar surface area (TPSA) is 165 Å². The molecule has 2 aromatic carbocycles. The first-order valence-electron chi connectivity index (χ1n) is 12.7. The van der Waals surface area contributed by atoms with Gasteiger partial charge in [0.1, 0.15) is 41.4 Å². The smallest absolute Gasteiger partial charge is 0.338 e. The minimum atomic E-state index is -1.54. The van der Waals surface area contributed by atoms with Crippen LogP contribution in [0.4, 0.5) is 0 Å². The molecule has 1 fully saturated rings. The molecule has 1 aliphatic carbocycles. The zero-order valence-corrected chi connectivity index (χ0v) is 23.7. The van der Waals surface area contributed by atoms with Gasteiger partial charge in [0, 0.05) is 35.6 Å². The third-order valence-corrected chi connectivity index (χ3v) is 7.51. The van der Waals surface area contributed by atoms with Gasteiger partial charge in [-0.05, 0) is 23.8 Å². The number of amides is 1. The molecule has 4 N–H and O–H groups in total. The fraction of sp³-hybridized carbons (Fsp3) is 0.276. The molecular weight excluding hydrogens is 593 g/mol. The van der Waals surface area contributed by atoms with Crippen molar-refractivity contribution in [3.05, 3.63) is 74.4 Å². The van der Waals surface area contributed by atoms with E-state index in [0.29, 0.717) is 22.1 Å². The molecule has 2 aliphatic heterocycles. The first-order valence-corrected chi connectivity index (χ1v) is 13.4. The van der Waals surface area contributed by atoms with Crippen LogP contribution in [0.15, 0.2) is 57.7 Å². The Kier molecular flexibility index (Phi) is 8.42. The van der Waals surface area contributed by atoms with Crippen molar-refractivity contribution >= 4 is 46.0 Å². The van der Waals surface area contributed by atoms with Crippen LogP contribution in [0.5, 0.6) is 5.75 Å². The second kappa shape index (κ2) is 11.9. The molecule has 0 aromatic heterocycles. The normalized spacial score (nSPS) is 22.2. The number of hydrogen-bond donors (Lipinski definition) is 4. The minimum Gasteiger partial charge on any atom is -0.465 e. The Labute approximate surface area is 248 Å². The lowest BCUT2D eigenvalue weighted by molar-refractivity contribution is -0.244. The van der Waals surface area contributed by atoms with Gasteiger partial charge >= 0.3 is 5.97 Å². The van der Waals surface area contributed by atoms with Gasteiger partial charge in [0.25, 0.3) is 0 Å². The highest BCUT2D eigenvalue weighted by molar-refractivity contribution is 6.33. The lowest BCUT2D eigenvalue weighted by Crippen LogP contribution is -2.65. The molecule has 5 rings (SSSR count). The van der Waals surface area contributed by atoms with Crippen molar-refractivity contribution in [1.29, 1.82) is 0 Å². The fourth-order valence-corrected chi connectivity index (χ4v) is 5.33. The highest BCUT2D eigenvalue weighted by atomic mass is 35.5. The summed E-state index contributed by atoms with van der Waals surface area (Å²) < 4.78 is 22.7. The summed E-state index contributed by atoms with van der Waals surface area (Å²) in [4.78, 5) is 36.9. The number of aliphatic hydroxyl groups is 3. The maximum atomic E-state index is 12.7. The molecule has 5 unspecified atom stereocenters. The lowest BCUT2D eigenvalue weighted by atomic mass is 9.90. The summed E-state index contributed by atoms with van der Waals surface area (Å²) in [5.41, 5.74) is 1.30. The third kappa shape index (κ3) is 5.42. The van der Waals surface area contributed by atoms with Gasteiger partial charge in [-0.1, -0.05) is 41.4 Å². The van der Waals surface area contributed by atoms with Crippen molar-refractivity contribution in [2.75, 3.05) is 13.7 Å². The Morgan fingerprint density at radius 3 is 2.45 bits per heavy atom. The number of methoxy groups -OCH3 is 1. The Bertz CT molecular complexity index is 1710. The molecular formula is C29H25Cl2NO10. The number of carbonyl (C=O) groups excluding carboxylic acids is 2. The molecule has 42 heavy (non-hydrogen) atoms. The van der Waals surface area contributed by atoms with Crippen LogP contribution in [0.3, 0.4) is 0 Å². The van der Waals surface area contributed by atoms with Gasteiger partial charge in [-0.15, -0.1) is 0 Å². The molecule has 13 heteroatoms. The molecule has 0 saturated carbocycles. The molecule has 220 valence electrons. The Hall–Kier alpha value is -3.71. The van der Waals surface area contributed by atoms with E-state index in [1.54, 1.807) is 24.3 Å². The summed E-state index contributed by atoms with van der Waals surface area (Å²) >= 11 is 12.9. The Morgan fingerprint density at radius 2 is 1.76 bits per heavy atom. The fourth-order valence-electron chi connectivity index (χ4n) is 4.96. The van der Waals surface area contributed by atoms with E-state index in [0.717, 1.165) is 0 Å². The van der Waals surface area contributed by atoms with Crippen molar-refractivity contribution in [3.63, 3.8) is 0 Å². The first kappa shape index (κ1) is 29.8. The van der Waals surface area contributed by atoms with E-state index >= 15 is 0 Å². The summed E-state index contributed by atoms with van der Waals surface area (Å²) in [5.74, 6) is -0.971. The monoisotopic (exact) mass is 617 g/mol. The van der Waals surface area contributed by atoms with Crippen LogP contribution in [0.1, 0.15) is 17.3 Å². The molecule has 2 aromatic rings. The summed E-state index contributed by atoms with van der Waals surface area (Å²) in [5, 5.41) is 33.5. The zero-order valence-electron chi connectivity index (χ0n) is 22.2. The molecule has 1 saturated heterocycles. The third-order valence-electron chi connectivity index (χ3n) is 6.92. The minimum absolute atomic E-state index is 0.00332. The summed E-state index contributed by atoms with van der Waals surface area (Å²) in [7, 11) is 1.26. The SMILES string of the molecule is COC(=O)c1ccccc1-c1c2cc(Cl)c(=O)cc-2oc2cc(OC3OC(CO)C(O)C(O)C3NC(C)=O)c(Cl)cc12. The standard InChI is InChI=1S/C29H25Cl2NO10/c1-12(34)32-25-27(37)26(36)23(11-33)42-29(25)41-22-10-21-16(8-18(22)31)24(13-5-3-4-6-14(13)28(38)39-2)15-7-17(30)19(35)9-20(15)40-21/h3-10,23,25-27,29,33,36-37H,11H2,1-2H3,(H,32,34). The number of rotatable bonds is 6. The van der Waals surface area contributed by atoms with Gasteiger partial charge in [0.15, 0.2) is 0 Å². The van der Waals surface area contributed by atoms with Gasteiger partial charge in [0.05, 0.1) is 29.3 Å². The number of esters is 1. The largest absolute Gasteiger partial charge is 0.465 e. The van der Waals surface area contributed by atoms with E-state index in [2.05, 4.69) is 5.32 Å². The van der Waals surface area contributed by atoms with Crippen molar-refractivity contribution in [2.45, 2.75) is 37.6 Å². The maximum absolute atomic E-state index is 12.7. The van der Waals surface area contributed by atoms with Crippen LogP contribution in [0.2, 0.25) is 10.0 Å². The van der Waals surface area contributed by atoms with Gasteiger partial charge in [0.2, 0.25) is 17.6 Å². The van der Waals surface area contributed by atoms with Gasteiger partial charge in [-0.25, -0.2) is 4.79 Å². The van der Waals surface area contributed by atoms with Crippen LogP contribution in [0, 0.1) is 0 Å². The van der Waals surface area contributed by atoms with E-state index in [1.165, 1.54) is 38.3 Å². The van der Waals surface area contributed by atoms with Gasteiger partial charge in [-0.3, -0.25) is 9.59 Å². The molecule has 0 bridgehead atoms. The Balaban J connectivity index is 1.70.